The van der Waals surface area contributed by atoms with Crippen molar-refractivity contribution in [2.75, 3.05) is 0 Å². The van der Waals surface area contributed by atoms with E-state index in [9.17, 15) is 19.8 Å². The van der Waals surface area contributed by atoms with Crippen LogP contribution in [-0.2, 0) is 9.59 Å². The van der Waals surface area contributed by atoms with Gasteiger partial charge in [0.2, 0.25) is 0 Å². The van der Waals surface area contributed by atoms with Crippen molar-refractivity contribution >= 4 is 11.9 Å². The maximum absolute atomic E-state index is 10.6. The Balaban J connectivity index is 0.000000260. The molecule has 26 heavy (non-hydrogen) atoms. The number of hydrogen-bond acceptors (Lipinski definition) is 4. The lowest BCUT2D eigenvalue weighted by molar-refractivity contribution is -0.144. The lowest BCUT2D eigenvalue weighted by Gasteiger charge is -2.34. The topological polar surface area (TPSA) is 115 Å². The molecule has 2 rings (SSSR count). The molecule has 2 fully saturated rings. The third-order valence-electron chi connectivity index (χ3n) is 6.15. The molecule has 152 valence electrons. The molecule has 2 aliphatic rings. The Kier molecular flexibility index (Phi) is 8.08. The highest BCUT2D eigenvalue weighted by molar-refractivity contribution is 5.70. The van der Waals surface area contributed by atoms with Crippen LogP contribution in [0.4, 0.5) is 0 Å². The maximum atomic E-state index is 10.6. The highest BCUT2D eigenvalue weighted by Gasteiger charge is 2.34. The quantitative estimate of drug-likeness (QED) is 0.602. The van der Waals surface area contributed by atoms with Gasteiger partial charge in [-0.2, -0.15) is 0 Å². The molecule has 0 unspecified atom stereocenters. The molecular weight excluding hydrogens is 336 g/mol. The fraction of sp³-hybridized carbons (Fsp3) is 0.900. The molecule has 0 atom stereocenters. The molecule has 0 aromatic carbocycles. The van der Waals surface area contributed by atoms with Crippen LogP contribution < -0.4 is 0 Å². The lowest BCUT2D eigenvalue weighted by Crippen LogP contribution is -2.35. The third-order valence-corrected chi connectivity index (χ3v) is 6.15. The van der Waals surface area contributed by atoms with Crippen molar-refractivity contribution in [3.8, 4) is 0 Å². The van der Waals surface area contributed by atoms with Crippen molar-refractivity contribution in [2.24, 2.45) is 23.7 Å². The van der Waals surface area contributed by atoms with Gasteiger partial charge in [-0.05, 0) is 90.9 Å². The van der Waals surface area contributed by atoms with Crippen LogP contribution in [-0.4, -0.2) is 43.6 Å². The monoisotopic (exact) mass is 372 g/mol. The predicted molar refractivity (Wildman–Crippen MR) is 98.8 cm³/mol. The molecule has 0 spiro atoms. The Morgan fingerprint density at radius 1 is 0.615 bits per heavy atom. The van der Waals surface area contributed by atoms with Crippen molar-refractivity contribution < 1.29 is 30.0 Å². The van der Waals surface area contributed by atoms with Gasteiger partial charge in [0.15, 0.2) is 0 Å². The first-order valence-electron chi connectivity index (χ1n) is 9.72. The minimum absolute atomic E-state index is 0.182. The molecular formula is C20H36O6. The van der Waals surface area contributed by atoms with E-state index >= 15 is 0 Å². The van der Waals surface area contributed by atoms with Crippen LogP contribution in [0.25, 0.3) is 0 Å². The molecule has 4 N–H and O–H groups in total. The molecule has 2 aliphatic carbocycles. The predicted octanol–water partition coefficient (Wildman–Crippen LogP) is 3.30. The standard InChI is InChI=1S/2C10H18O3/c2*1-10(2,13)8-5-3-7(4-6-8)9(11)12/h2*7-8,13H,3-6H2,1-2H3,(H,11,12). The zero-order chi connectivity index (χ0) is 20.1. The van der Waals surface area contributed by atoms with Gasteiger partial charge in [0.25, 0.3) is 0 Å². The Morgan fingerprint density at radius 3 is 1.00 bits per heavy atom. The van der Waals surface area contributed by atoms with E-state index in [2.05, 4.69) is 0 Å². The molecule has 0 aliphatic heterocycles. The Morgan fingerprint density at radius 2 is 0.846 bits per heavy atom. The summed E-state index contributed by atoms with van der Waals surface area (Å²) >= 11 is 0. The molecule has 6 nitrogen and oxygen atoms in total. The second-order valence-corrected chi connectivity index (χ2v) is 9.08. The van der Waals surface area contributed by atoms with Crippen molar-refractivity contribution in [1.29, 1.82) is 0 Å². The molecule has 0 radical (unpaired) electrons. The molecule has 0 aromatic heterocycles. The average Bonchev–Trinajstić information content (AvgIpc) is 2.54. The lowest BCUT2D eigenvalue weighted by atomic mass is 9.75. The van der Waals surface area contributed by atoms with Gasteiger partial charge in [0.1, 0.15) is 0 Å². The molecule has 2 saturated carbocycles. The van der Waals surface area contributed by atoms with E-state index in [0.29, 0.717) is 25.7 Å². The molecule has 0 aromatic rings. The van der Waals surface area contributed by atoms with Gasteiger partial charge in [0.05, 0.1) is 23.0 Å². The van der Waals surface area contributed by atoms with E-state index in [1.54, 1.807) is 27.7 Å². The van der Waals surface area contributed by atoms with Gasteiger partial charge in [-0.25, -0.2) is 0 Å². The zero-order valence-corrected chi connectivity index (χ0v) is 16.6. The summed E-state index contributed by atoms with van der Waals surface area (Å²) in [4.78, 5) is 21.3. The summed E-state index contributed by atoms with van der Waals surface area (Å²) in [6, 6.07) is 0. The van der Waals surface area contributed by atoms with E-state index in [4.69, 9.17) is 10.2 Å². The van der Waals surface area contributed by atoms with Crippen LogP contribution in [0.15, 0.2) is 0 Å². The van der Waals surface area contributed by atoms with Crippen molar-refractivity contribution in [2.45, 2.75) is 90.3 Å². The highest BCUT2D eigenvalue weighted by Crippen LogP contribution is 2.36. The number of aliphatic carboxylic acids is 2. The maximum Gasteiger partial charge on any atom is 0.306 e. The number of carboxylic acids is 2. The minimum atomic E-state index is -0.686. The molecule has 0 bridgehead atoms. The highest BCUT2D eigenvalue weighted by atomic mass is 16.4. The summed E-state index contributed by atoms with van der Waals surface area (Å²) in [5.41, 5.74) is -1.30. The van der Waals surface area contributed by atoms with Gasteiger partial charge in [-0.15, -0.1) is 0 Å². The van der Waals surface area contributed by atoms with Crippen LogP contribution in [0.1, 0.15) is 79.1 Å². The number of aliphatic hydroxyl groups is 2. The van der Waals surface area contributed by atoms with Crippen LogP contribution in [0.5, 0.6) is 0 Å². The largest absolute Gasteiger partial charge is 0.481 e. The second-order valence-electron chi connectivity index (χ2n) is 9.08. The van der Waals surface area contributed by atoms with Gasteiger partial charge >= 0.3 is 11.9 Å². The van der Waals surface area contributed by atoms with E-state index in [-0.39, 0.29) is 23.7 Å². The second kappa shape index (κ2) is 9.18. The average molecular weight is 373 g/mol. The van der Waals surface area contributed by atoms with E-state index in [0.717, 1.165) is 25.7 Å². The van der Waals surface area contributed by atoms with Crippen LogP contribution >= 0.6 is 0 Å². The number of carbonyl (C=O) groups is 2. The fourth-order valence-electron chi connectivity index (χ4n) is 4.09. The Hall–Kier alpha value is -1.14. The van der Waals surface area contributed by atoms with Crippen LogP contribution in [0, 0.1) is 23.7 Å². The summed E-state index contributed by atoms with van der Waals surface area (Å²) in [5.74, 6) is -1.20. The molecule has 0 saturated heterocycles. The molecule has 0 amide bonds. The summed E-state index contributed by atoms with van der Waals surface area (Å²) in [7, 11) is 0. The number of hydrogen-bond donors (Lipinski definition) is 4. The Bertz CT molecular complexity index is 414. The van der Waals surface area contributed by atoms with Gasteiger partial charge < -0.3 is 20.4 Å². The van der Waals surface area contributed by atoms with Crippen LogP contribution in [0.3, 0.4) is 0 Å². The van der Waals surface area contributed by atoms with Crippen molar-refractivity contribution in [3.05, 3.63) is 0 Å². The van der Waals surface area contributed by atoms with Crippen molar-refractivity contribution in [3.63, 3.8) is 0 Å². The summed E-state index contributed by atoms with van der Waals surface area (Å²) < 4.78 is 0. The summed E-state index contributed by atoms with van der Waals surface area (Å²) in [6.07, 6.45) is 6.18. The Labute approximate surface area is 156 Å². The minimum Gasteiger partial charge on any atom is -0.481 e. The van der Waals surface area contributed by atoms with Crippen molar-refractivity contribution in [1.82, 2.24) is 0 Å². The number of carboxylic acid groups (broad SMARTS) is 2. The van der Waals surface area contributed by atoms with Gasteiger partial charge in [0, 0.05) is 0 Å². The van der Waals surface area contributed by atoms with E-state index < -0.39 is 23.1 Å². The third kappa shape index (κ3) is 7.23. The summed E-state index contributed by atoms with van der Waals surface area (Å²) in [6.45, 7) is 7.22. The van der Waals surface area contributed by atoms with E-state index in [1.807, 2.05) is 0 Å². The smallest absolute Gasteiger partial charge is 0.306 e. The van der Waals surface area contributed by atoms with E-state index in [1.165, 1.54) is 0 Å². The van der Waals surface area contributed by atoms with Gasteiger partial charge in [-0.3, -0.25) is 9.59 Å². The first-order chi connectivity index (χ1) is 11.8. The van der Waals surface area contributed by atoms with Gasteiger partial charge in [-0.1, -0.05) is 0 Å². The molecule has 6 heteroatoms. The number of rotatable bonds is 4. The normalized spacial score (nSPS) is 30.1. The SMILES string of the molecule is CC(C)(O)C1CCC(C(=O)O)CC1.CC(C)(O)C1CCC(C(=O)O)CC1. The first-order valence-corrected chi connectivity index (χ1v) is 9.72. The molecule has 0 heterocycles. The summed E-state index contributed by atoms with van der Waals surface area (Å²) in [5, 5.41) is 37.0. The first kappa shape index (κ1) is 22.9. The fourth-order valence-corrected chi connectivity index (χ4v) is 4.09. The van der Waals surface area contributed by atoms with Crippen LogP contribution in [0.2, 0.25) is 0 Å². The zero-order valence-electron chi connectivity index (χ0n) is 16.6.